The van der Waals surface area contributed by atoms with E-state index < -0.39 is 5.82 Å². The van der Waals surface area contributed by atoms with Gasteiger partial charge >= 0.3 is 6.01 Å². The van der Waals surface area contributed by atoms with Gasteiger partial charge in [0.1, 0.15) is 41.4 Å². The fraction of sp³-hybridized carbons (Fsp3) is 0.500. The number of aryl methyl sites for hydroxylation is 1. The lowest BCUT2D eigenvalue weighted by atomic mass is 9.95. The third-order valence-corrected chi connectivity index (χ3v) is 10.9. The lowest BCUT2D eigenvalue weighted by Crippen LogP contribution is -2.60. The number of halogens is 1. The topological polar surface area (TPSA) is 95.9 Å². The molecular formula is C34H37FN6O3. The van der Waals surface area contributed by atoms with E-state index in [1.165, 1.54) is 12.8 Å². The number of aromatic nitrogens is 3. The van der Waals surface area contributed by atoms with Gasteiger partial charge in [0.2, 0.25) is 5.88 Å². The lowest BCUT2D eigenvalue weighted by molar-refractivity contribution is 0.108. The molecule has 4 aromatic rings. The number of fused-ring (bicyclic) bond motifs is 7. The molecule has 2 bridgehead atoms. The van der Waals surface area contributed by atoms with Gasteiger partial charge in [-0.2, -0.15) is 9.97 Å². The molecule has 228 valence electrons. The number of rotatable bonds is 5. The van der Waals surface area contributed by atoms with Crippen LogP contribution < -0.4 is 19.7 Å². The van der Waals surface area contributed by atoms with Gasteiger partial charge in [-0.1, -0.05) is 25.1 Å². The minimum absolute atomic E-state index is 0.0103. The van der Waals surface area contributed by atoms with Gasteiger partial charge in [0.25, 0.3) is 0 Å². The molecule has 5 aliphatic rings. The summed E-state index contributed by atoms with van der Waals surface area (Å²) in [5, 5.41) is 16.6. The van der Waals surface area contributed by atoms with Crippen LogP contribution in [0, 0.1) is 5.82 Å². The second kappa shape index (κ2) is 9.87. The molecule has 5 aliphatic heterocycles. The maximum absolute atomic E-state index is 17.0. The Bertz CT molecular complexity index is 1810. The van der Waals surface area contributed by atoms with Crippen molar-refractivity contribution in [2.24, 2.45) is 0 Å². The van der Waals surface area contributed by atoms with Crippen LogP contribution in [0.1, 0.15) is 51.0 Å². The van der Waals surface area contributed by atoms with E-state index in [1.807, 2.05) is 18.2 Å². The van der Waals surface area contributed by atoms with Crippen LogP contribution in [0.3, 0.4) is 0 Å². The number of phenols is 1. The van der Waals surface area contributed by atoms with Gasteiger partial charge < -0.3 is 24.8 Å². The van der Waals surface area contributed by atoms with E-state index in [4.69, 9.17) is 24.4 Å². The molecule has 0 aliphatic carbocycles. The second-order valence-electron chi connectivity index (χ2n) is 13.3. The van der Waals surface area contributed by atoms with Crippen molar-refractivity contribution in [3.8, 4) is 28.9 Å². The number of nitrogens with zero attached hydrogens (tertiary/aromatic N) is 5. The number of ether oxygens (including phenoxy) is 2. The van der Waals surface area contributed by atoms with E-state index in [1.54, 1.807) is 12.1 Å². The van der Waals surface area contributed by atoms with E-state index in [-0.39, 0.29) is 40.6 Å². The van der Waals surface area contributed by atoms with Gasteiger partial charge in [-0.3, -0.25) is 4.90 Å². The first-order valence-electron chi connectivity index (χ1n) is 16.2. The summed E-state index contributed by atoms with van der Waals surface area (Å²) in [7, 11) is 0. The third-order valence-electron chi connectivity index (χ3n) is 10.9. The van der Waals surface area contributed by atoms with Crippen LogP contribution in [0.25, 0.3) is 32.9 Å². The molecule has 44 heavy (non-hydrogen) atoms. The van der Waals surface area contributed by atoms with Crippen LogP contribution in [0.5, 0.6) is 17.6 Å². The molecule has 2 aromatic carbocycles. The largest absolute Gasteiger partial charge is 0.508 e. The van der Waals surface area contributed by atoms with Crippen molar-refractivity contribution < 1.29 is 19.0 Å². The molecule has 7 heterocycles. The number of benzene rings is 2. The Labute approximate surface area is 255 Å². The Balaban J connectivity index is 1.24. The molecule has 2 aromatic heterocycles. The maximum atomic E-state index is 17.0. The molecule has 2 N–H and O–H groups in total. The summed E-state index contributed by atoms with van der Waals surface area (Å²) in [6, 6.07) is 10.1. The predicted octanol–water partition coefficient (Wildman–Crippen LogP) is 4.96. The number of pyridine rings is 1. The summed E-state index contributed by atoms with van der Waals surface area (Å²) in [5.74, 6) is 0.459. The Kier molecular flexibility index (Phi) is 5.97. The van der Waals surface area contributed by atoms with Gasteiger partial charge in [-0.05, 0) is 86.5 Å². The smallest absolute Gasteiger partial charge is 0.319 e. The zero-order valence-corrected chi connectivity index (χ0v) is 25.0. The van der Waals surface area contributed by atoms with Crippen LogP contribution in [0.15, 0.2) is 30.3 Å². The highest BCUT2D eigenvalue weighted by atomic mass is 19.1. The summed E-state index contributed by atoms with van der Waals surface area (Å²) in [4.78, 5) is 19.4. The number of aromatic hydroxyl groups is 1. The molecule has 0 unspecified atom stereocenters. The van der Waals surface area contributed by atoms with E-state index in [0.29, 0.717) is 41.9 Å². The van der Waals surface area contributed by atoms with Crippen LogP contribution in [0.2, 0.25) is 0 Å². The molecule has 9 nitrogen and oxygen atoms in total. The normalized spacial score (nSPS) is 25.2. The second-order valence-corrected chi connectivity index (χ2v) is 13.3. The van der Waals surface area contributed by atoms with Crippen molar-refractivity contribution in [2.75, 3.05) is 37.7 Å². The molecule has 0 spiro atoms. The van der Waals surface area contributed by atoms with Gasteiger partial charge in [0, 0.05) is 24.2 Å². The predicted molar refractivity (Wildman–Crippen MR) is 166 cm³/mol. The Morgan fingerprint density at radius 1 is 1.11 bits per heavy atom. The lowest BCUT2D eigenvalue weighted by Gasteiger charge is -2.40. The molecular weight excluding hydrogens is 559 g/mol. The highest BCUT2D eigenvalue weighted by molar-refractivity contribution is 6.03. The maximum Gasteiger partial charge on any atom is 0.319 e. The summed E-state index contributed by atoms with van der Waals surface area (Å²) < 4.78 is 29.9. The molecule has 0 saturated carbocycles. The molecule has 0 amide bonds. The molecule has 9 rings (SSSR count). The fourth-order valence-corrected chi connectivity index (χ4v) is 8.79. The first-order chi connectivity index (χ1) is 21.5. The molecule has 10 heteroatoms. The van der Waals surface area contributed by atoms with Crippen LogP contribution in [0.4, 0.5) is 10.2 Å². The summed E-state index contributed by atoms with van der Waals surface area (Å²) in [6.07, 6.45) is 7.44. The van der Waals surface area contributed by atoms with Crippen molar-refractivity contribution in [3.63, 3.8) is 0 Å². The number of piperazine rings is 1. The van der Waals surface area contributed by atoms with Gasteiger partial charge in [-0.25, -0.2) is 9.37 Å². The molecule has 0 radical (unpaired) electrons. The Morgan fingerprint density at radius 3 is 2.82 bits per heavy atom. The minimum Gasteiger partial charge on any atom is -0.508 e. The van der Waals surface area contributed by atoms with E-state index in [0.717, 1.165) is 68.1 Å². The van der Waals surface area contributed by atoms with E-state index >= 15 is 4.39 Å². The zero-order valence-electron chi connectivity index (χ0n) is 25.0. The SMILES string of the molecule is CCc1cccc2cc(O)cc(-c3nc4c5c(nc(OCC67CCCN6CCC7)nc5c3F)N3C[C@@H]5CC[C@@H](N5)[C@@H]3CO4)c12. The fourth-order valence-electron chi connectivity index (χ4n) is 8.79. The number of anilines is 1. The monoisotopic (exact) mass is 596 g/mol. The summed E-state index contributed by atoms with van der Waals surface area (Å²) >= 11 is 0. The van der Waals surface area contributed by atoms with E-state index in [2.05, 4.69) is 22.0 Å². The number of hydrogen-bond donors (Lipinski definition) is 2. The van der Waals surface area contributed by atoms with Crippen molar-refractivity contribution in [2.45, 2.75) is 75.5 Å². The minimum atomic E-state index is -0.559. The molecule has 4 fully saturated rings. The van der Waals surface area contributed by atoms with Crippen molar-refractivity contribution in [1.29, 1.82) is 0 Å². The average Bonchev–Trinajstić information content (AvgIpc) is 3.71. The van der Waals surface area contributed by atoms with Crippen molar-refractivity contribution in [1.82, 2.24) is 25.2 Å². The average molecular weight is 597 g/mol. The summed E-state index contributed by atoms with van der Waals surface area (Å²) in [6.45, 7) is 5.93. The molecule has 3 atom stereocenters. The Morgan fingerprint density at radius 2 is 1.98 bits per heavy atom. The quantitative estimate of drug-likeness (QED) is 0.331. The summed E-state index contributed by atoms with van der Waals surface area (Å²) in [5.41, 5.74) is 1.84. The number of nitrogens with one attached hydrogen (secondary N) is 1. The van der Waals surface area contributed by atoms with E-state index in [9.17, 15) is 5.11 Å². The number of hydrogen-bond acceptors (Lipinski definition) is 9. The highest BCUT2D eigenvalue weighted by Gasteiger charge is 2.46. The van der Waals surface area contributed by atoms with Gasteiger partial charge in [0.05, 0.1) is 11.6 Å². The Hall–Kier alpha value is -3.76. The van der Waals surface area contributed by atoms with Crippen LogP contribution in [-0.4, -0.2) is 81.5 Å². The van der Waals surface area contributed by atoms with Gasteiger partial charge in [-0.15, -0.1) is 0 Å². The van der Waals surface area contributed by atoms with Crippen molar-refractivity contribution >= 4 is 27.5 Å². The zero-order chi connectivity index (χ0) is 29.6. The van der Waals surface area contributed by atoms with Crippen LogP contribution >= 0.6 is 0 Å². The molecule has 4 saturated heterocycles. The first-order valence-corrected chi connectivity index (χ1v) is 16.2. The third kappa shape index (κ3) is 3.92. The van der Waals surface area contributed by atoms with Gasteiger partial charge in [0.15, 0.2) is 5.82 Å². The standard InChI is InChI=1S/C34H37FN6O3/c1-2-19-6-3-7-20-14-22(42)15-23(26(19)20)29-28(35)30-27-31(39-33(38-30)44-18-34-10-4-12-40(34)13-5-11-34)41-16-21-8-9-24(36-21)25(41)17-43-32(27)37-29/h3,6-7,14-15,21,24-25,36,42H,2,4-5,8-13,16-18H2,1H3/t21-,24+,25-/m0/s1. The van der Waals surface area contributed by atoms with Crippen LogP contribution in [-0.2, 0) is 6.42 Å². The first kappa shape index (κ1) is 26.6. The number of phenolic OH excluding ortho intramolecular Hbond substituents is 1. The van der Waals surface area contributed by atoms with Crippen molar-refractivity contribution in [3.05, 3.63) is 41.7 Å². The highest BCUT2D eigenvalue weighted by Crippen LogP contribution is 2.45.